The van der Waals surface area contributed by atoms with Crippen LogP contribution in [0.5, 0.6) is 0 Å². The number of aryl methyl sites for hydroxylation is 1. The van der Waals surface area contributed by atoms with Gasteiger partial charge in [-0.2, -0.15) is 4.98 Å². The van der Waals surface area contributed by atoms with Gasteiger partial charge in [-0.15, -0.1) is 0 Å². The van der Waals surface area contributed by atoms with Gasteiger partial charge in [-0.25, -0.2) is 14.2 Å². The highest BCUT2D eigenvalue weighted by molar-refractivity contribution is 6.31. The third-order valence-electron chi connectivity index (χ3n) is 5.99. The number of benzene rings is 3. The van der Waals surface area contributed by atoms with Crippen LogP contribution in [0.2, 0.25) is 5.02 Å². The first kappa shape index (κ1) is 25.0. The molecule has 1 aromatic heterocycles. The van der Waals surface area contributed by atoms with E-state index in [0.29, 0.717) is 33.1 Å². The predicted molar refractivity (Wildman–Crippen MR) is 142 cm³/mol. The Balaban J connectivity index is 1.50. The number of amides is 1. The van der Waals surface area contributed by atoms with E-state index in [2.05, 4.69) is 25.9 Å². The molecule has 1 atom stereocenters. The molecule has 4 N–H and O–H groups in total. The standard InChI is InChI=1S/C27H21ClFN5O4/c1-13-7-8-15(25(36)37)11-20(13)31-24(35)22-14(2)30-26(33-23(22)17-5-3-4-6-18(17)28)34-27-32-19-10-9-16(29)12-21(19)38-27/h3-12,23H,1-2H3,(H,31,35)(H,36,37)(H2,30,32,33,34). The van der Waals surface area contributed by atoms with Crippen molar-refractivity contribution in [2.24, 2.45) is 4.99 Å². The van der Waals surface area contributed by atoms with E-state index in [1.54, 1.807) is 44.2 Å². The molecule has 0 radical (unpaired) electrons. The number of fused-ring (bicyclic) bond motifs is 1. The van der Waals surface area contributed by atoms with E-state index >= 15 is 0 Å². The number of allylic oxidation sites excluding steroid dienone is 1. The molecule has 38 heavy (non-hydrogen) atoms. The molecule has 0 saturated heterocycles. The van der Waals surface area contributed by atoms with Crippen molar-refractivity contribution in [3.63, 3.8) is 0 Å². The van der Waals surface area contributed by atoms with E-state index in [1.807, 2.05) is 0 Å². The fraction of sp³-hybridized carbons (Fsp3) is 0.111. The zero-order chi connectivity index (χ0) is 27.0. The van der Waals surface area contributed by atoms with Gasteiger partial charge in [-0.1, -0.05) is 35.9 Å². The number of oxazole rings is 1. The molecule has 4 aromatic rings. The van der Waals surface area contributed by atoms with Gasteiger partial charge in [0.2, 0.25) is 5.96 Å². The van der Waals surface area contributed by atoms with Gasteiger partial charge in [0.1, 0.15) is 17.4 Å². The number of anilines is 2. The second-order valence-corrected chi connectivity index (χ2v) is 9.02. The largest absolute Gasteiger partial charge is 0.478 e. The molecule has 1 aliphatic rings. The topological polar surface area (TPSA) is 129 Å². The Bertz CT molecular complexity index is 1660. The Kier molecular flexibility index (Phi) is 6.56. The smallest absolute Gasteiger partial charge is 0.335 e. The number of hydrogen-bond acceptors (Lipinski definition) is 7. The summed E-state index contributed by atoms with van der Waals surface area (Å²) in [6, 6.07) is 14.8. The van der Waals surface area contributed by atoms with Crippen molar-refractivity contribution < 1.29 is 23.5 Å². The summed E-state index contributed by atoms with van der Waals surface area (Å²) in [4.78, 5) is 34.0. The second-order valence-electron chi connectivity index (χ2n) is 8.61. The lowest BCUT2D eigenvalue weighted by atomic mass is 9.95. The van der Waals surface area contributed by atoms with Crippen LogP contribution in [0.4, 0.5) is 16.1 Å². The lowest BCUT2D eigenvalue weighted by Crippen LogP contribution is -2.37. The molecule has 3 aromatic carbocycles. The molecular weight excluding hydrogens is 513 g/mol. The maximum absolute atomic E-state index is 13.6. The third kappa shape index (κ3) is 4.94. The van der Waals surface area contributed by atoms with Crippen molar-refractivity contribution in [2.75, 3.05) is 10.6 Å². The zero-order valence-corrected chi connectivity index (χ0v) is 20.9. The van der Waals surface area contributed by atoms with Crippen LogP contribution in [-0.4, -0.2) is 27.9 Å². The number of nitrogens with zero attached hydrogens (tertiary/aromatic N) is 2. The summed E-state index contributed by atoms with van der Waals surface area (Å²) in [5.41, 5.74) is 3.15. The number of aromatic carboxylic acids is 1. The lowest BCUT2D eigenvalue weighted by Gasteiger charge is -2.27. The third-order valence-corrected chi connectivity index (χ3v) is 6.34. The van der Waals surface area contributed by atoms with E-state index in [1.165, 1.54) is 30.3 Å². The molecule has 1 unspecified atom stereocenters. The number of carboxylic acid groups (broad SMARTS) is 1. The highest BCUT2D eigenvalue weighted by Crippen LogP contribution is 2.36. The Morgan fingerprint density at radius 1 is 1.11 bits per heavy atom. The molecule has 0 bridgehead atoms. The summed E-state index contributed by atoms with van der Waals surface area (Å²) in [6.45, 7) is 3.47. The molecule has 0 fully saturated rings. The summed E-state index contributed by atoms with van der Waals surface area (Å²) < 4.78 is 19.2. The van der Waals surface area contributed by atoms with Crippen LogP contribution in [0.1, 0.15) is 34.5 Å². The van der Waals surface area contributed by atoms with Crippen molar-refractivity contribution >= 4 is 52.2 Å². The summed E-state index contributed by atoms with van der Waals surface area (Å²) in [5, 5.41) is 18.6. The number of aromatic nitrogens is 1. The second kappa shape index (κ2) is 9.98. The monoisotopic (exact) mass is 533 g/mol. The molecule has 9 nitrogen and oxygen atoms in total. The van der Waals surface area contributed by atoms with Crippen LogP contribution in [0.3, 0.4) is 0 Å². The van der Waals surface area contributed by atoms with Crippen molar-refractivity contribution in [2.45, 2.75) is 19.9 Å². The van der Waals surface area contributed by atoms with Crippen LogP contribution in [0.15, 0.2) is 81.3 Å². The van der Waals surface area contributed by atoms with Crippen LogP contribution in [0.25, 0.3) is 11.1 Å². The minimum atomic E-state index is -1.11. The normalized spacial score (nSPS) is 15.2. The minimum Gasteiger partial charge on any atom is -0.478 e. The van der Waals surface area contributed by atoms with Gasteiger partial charge >= 0.3 is 12.0 Å². The molecular formula is C27H21ClFN5O4. The maximum Gasteiger partial charge on any atom is 0.335 e. The molecule has 2 heterocycles. The molecule has 1 amide bonds. The lowest BCUT2D eigenvalue weighted by molar-refractivity contribution is -0.113. The fourth-order valence-electron chi connectivity index (χ4n) is 4.09. The van der Waals surface area contributed by atoms with E-state index in [4.69, 9.17) is 16.0 Å². The first-order chi connectivity index (χ1) is 18.2. The molecule has 11 heteroatoms. The number of carboxylic acids is 1. The average Bonchev–Trinajstić information content (AvgIpc) is 3.26. The summed E-state index contributed by atoms with van der Waals surface area (Å²) in [6.07, 6.45) is 0. The molecule has 1 aliphatic heterocycles. The van der Waals surface area contributed by atoms with Gasteiger partial charge < -0.3 is 20.2 Å². The van der Waals surface area contributed by atoms with Crippen LogP contribution in [0, 0.1) is 12.7 Å². The number of nitrogens with one attached hydrogen (secondary N) is 3. The SMILES string of the molecule is CC1=C(C(=O)Nc2cc(C(=O)O)ccc2C)C(c2ccccc2Cl)N=C(Nc2nc3ccc(F)cc3o2)N1. The number of halogens is 2. The van der Waals surface area contributed by atoms with Crippen molar-refractivity contribution in [1.82, 2.24) is 10.3 Å². The minimum absolute atomic E-state index is 0.0451. The molecule has 0 spiro atoms. The van der Waals surface area contributed by atoms with Gasteiger partial charge in [0.05, 0.1) is 11.1 Å². The first-order valence-electron chi connectivity index (χ1n) is 11.5. The van der Waals surface area contributed by atoms with E-state index in [-0.39, 0.29) is 28.7 Å². The average molecular weight is 534 g/mol. The zero-order valence-electron chi connectivity index (χ0n) is 20.2. The van der Waals surface area contributed by atoms with Gasteiger partial charge in [0, 0.05) is 28.0 Å². The van der Waals surface area contributed by atoms with E-state index in [9.17, 15) is 19.1 Å². The fourth-order valence-corrected chi connectivity index (χ4v) is 4.33. The molecule has 0 saturated carbocycles. The quantitative estimate of drug-likeness (QED) is 0.261. The first-order valence-corrected chi connectivity index (χ1v) is 11.9. The van der Waals surface area contributed by atoms with Gasteiger partial charge in [0.15, 0.2) is 5.58 Å². The highest BCUT2D eigenvalue weighted by Gasteiger charge is 2.31. The highest BCUT2D eigenvalue weighted by atomic mass is 35.5. The van der Waals surface area contributed by atoms with Crippen LogP contribution < -0.4 is 16.0 Å². The number of hydrogen-bond donors (Lipinski definition) is 4. The van der Waals surface area contributed by atoms with Gasteiger partial charge in [-0.05, 0) is 49.7 Å². The number of carbonyl (C=O) groups excluding carboxylic acids is 1. The number of aliphatic imine (C=N–C) groups is 1. The van der Waals surface area contributed by atoms with E-state index < -0.39 is 23.7 Å². The molecule has 0 aliphatic carbocycles. The molecule has 192 valence electrons. The maximum atomic E-state index is 13.6. The molecule has 5 rings (SSSR count). The van der Waals surface area contributed by atoms with Gasteiger partial charge in [-0.3, -0.25) is 10.1 Å². The summed E-state index contributed by atoms with van der Waals surface area (Å²) in [7, 11) is 0. The Morgan fingerprint density at radius 2 is 1.89 bits per heavy atom. The van der Waals surface area contributed by atoms with E-state index in [0.717, 1.165) is 0 Å². The number of carbonyl (C=O) groups is 2. The number of guanidine groups is 1. The summed E-state index contributed by atoms with van der Waals surface area (Å²) >= 11 is 6.50. The van der Waals surface area contributed by atoms with Gasteiger partial charge in [0.25, 0.3) is 5.91 Å². The summed E-state index contributed by atoms with van der Waals surface area (Å²) in [5.74, 6) is -1.80. The van der Waals surface area contributed by atoms with Crippen molar-refractivity contribution in [3.8, 4) is 0 Å². The number of rotatable bonds is 5. The Labute approximate surface area is 221 Å². The Hall–Kier alpha value is -4.70. The Morgan fingerprint density at radius 3 is 2.66 bits per heavy atom. The van der Waals surface area contributed by atoms with Crippen LogP contribution in [-0.2, 0) is 4.79 Å². The van der Waals surface area contributed by atoms with Crippen molar-refractivity contribution in [1.29, 1.82) is 0 Å². The predicted octanol–water partition coefficient (Wildman–Crippen LogP) is 5.65. The van der Waals surface area contributed by atoms with Crippen LogP contribution >= 0.6 is 11.6 Å². The van der Waals surface area contributed by atoms with Crippen molar-refractivity contribution in [3.05, 3.63) is 99.5 Å².